The molecule has 2 unspecified atom stereocenters. The number of rotatable bonds is 6. The van der Waals surface area contributed by atoms with Gasteiger partial charge in [0.2, 0.25) is 0 Å². The van der Waals surface area contributed by atoms with Crippen molar-refractivity contribution in [3.8, 4) is 0 Å². The van der Waals surface area contributed by atoms with Crippen molar-refractivity contribution in [1.82, 2.24) is 4.90 Å². The zero-order valence-electron chi connectivity index (χ0n) is 11.8. The highest BCUT2D eigenvalue weighted by atomic mass is 16.5. The molecule has 0 aromatic carbocycles. The first kappa shape index (κ1) is 15.9. The van der Waals surface area contributed by atoms with E-state index in [0.717, 1.165) is 19.4 Å². The van der Waals surface area contributed by atoms with Crippen molar-refractivity contribution in [2.75, 3.05) is 33.4 Å². The number of esters is 2. The van der Waals surface area contributed by atoms with Crippen LogP contribution in [0.5, 0.6) is 0 Å². The maximum absolute atomic E-state index is 11.3. The summed E-state index contributed by atoms with van der Waals surface area (Å²) in [6, 6.07) is 0.0469. The fourth-order valence-electron chi connectivity index (χ4n) is 2.49. The Morgan fingerprint density at radius 2 is 2.05 bits per heavy atom. The number of carbonyl (C=O) groups is 2. The van der Waals surface area contributed by atoms with Gasteiger partial charge in [-0.05, 0) is 25.7 Å². The van der Waals surface area contributed by atoms with Crippen LogP contribution in [0.15, 0.2) is 0 Å². The lowest BCUT2D eigenvalue weighted by Crippen LogP contribution is -2.48. The second-order valence-corrected chi connectivity index (χ2v) is 4.98. The number of nitrogens with zero attached hydrogens (tertiary/aromatic N) is 1. The Morgan fingerprint density at radius 1 is 1.32 bits per heavy atom. The number of hydrogen-bond donors (Lipinski definition) is 1. The monoisotopic (exact) mass is 272 g/mol. The molecular weight excluding hydrogens is 248 g/mol. The summed E-state index contributed by atoms with van der Waals surface area (Å²) >= 11 is 0. The van der Waals surface area contributed by atoms with Gasteiger partial charge < -0.3 is 15.2 Å². The van der Waals surface area contributed by atoms with Crippen LogP contribution in [0.4, 0.5) is 0 Å². The first-order chi connectivity index (χ1) is 9.05. The van der Waals surface area contributed by atoms with Crippen molar-refractivity contribution in [2.24, 2.45) is 11.7 Å². The third-order valence-corrected chi connectivity index (χ3v) is 3.29. The Hall–Kier alpha value is -1.14. The molecule has 0 radical (unpaired) electrons. The van der Waals surface area contributed by atoms with Crippen molar-refractivity contribution in [1.29, 1.82) is 0 Å². The Kier molecular flexibility index (Phi) is 6.80. The van der Waals surface area contributed by atoms with Gasteiger partial charge >= 0.3 is 11.9 Å². The number of likely N-dealkylation sites (tertiary alicyclic amines) is 1. The second kappa shape index (κ2) is 8.12. The molecule has 0 saturated carbocycles. The standard InChI is InChI=1S/C13H24N2O4/c1-3-19-12(16)5-4-10-6-11(14)8-15(7-10)9-13(17)18-2/h10-11H,3-9,14H2,1-2H3. The molecule has 110 valence electrons. The molecule has 1 fully saturated rings. The van der Waals surface area contributed by atoms with E-state index in [1.807, 2.05) is 4.90 Å². The van der Waals surface area contributed by atoms with Crippen molar-refractivity contribution in [3.63, 3.8) is 0 Å². The van der Waals surface area contributed by atoms with E-state index in [0.29, 0.717) is 25.5 Å². The van der Waals surface area contributed by atoms with E-state index >= 15 is 0 Å². The van der Waals surface area contributed by atoms with E-state index in [1.165, 1.54) is 7.11 Å². The summed E-state index contributed by atoms with van der Waals surface area (Å²) in [4.78, 5) is 24.6. The number of ether oxygens (including phenoxy) is 2. The van der Waals surface area contributed by atoms with Gasteiger partial charge in [0.1, 0.15) is 0 Å². The van der Waals surface area contributed by atoms with Crippen LogP contribution >= 0.6 is 0 Å². The highest BCUT2D eigenvalue weighted by molar-refractivity contribution is 5.71. The third kappa shape index (κ3) is 6.02. The van der Waals surface area contributed by atoms with Gasteiger partial charge in [0.25, 0.3) is 0 Å². The molecule has 6 heteroatoms. The number of carbonyl (C=O) groups excluding carboxylic acids is 2. The zero-order chi connectivity index (χ0) is 14.3. The SMILES string of the molecule is CCOC(=O)CCC1CC(N)CN(CC(=O)OC)C1. The minimum absolute atomic E-state index is 0.0469. The fourth-order valence-corrected chi connectivity index (χ4v) is 2.49. The average molecular weight is 272 g/mol. The largest absolute Gasteiger partial charge is 0.468 e. The van der Waals surface area contributed by atoms with Gasteiger partial charge in [0, 0.05) is 25.6 Å². The van der Waals surface area contributed by atoms with E-state index in [9.17, 15) is 9.59 Å². The topological polar surface area (TPSA) is 81.9 Å². The Balaban J connectivity index is 2.37. The van der Waals surface area contributed by atoms with Gasteiger partial charge in [-0.15, -0.1) is 0 Å². The highest BCUT2D eigenvalue weighted by Gasteiger charge is 2.26. The van der Waals surface area contributed by atoms with Crippen molar-refractivity contribution in [2.45, 2.75) is 32.2 Å². The van der Waals surface area contributed by atoms with Crippen LogP contribution in [0.3, 0.4) is 0 Å². The molecule has 6 nitrogen and oxygen atoms in total. The lowest BCUT2D eigenvalue weighted by Gasteiger charge is -2.35. The van der Waals surface area contributed by atoms with Gasteiger partial charge in [-0.25, -0.2) is 0 Å². The summed E-state index contributed by atoms with van der Waals surface area (Å²) in [5, 5.41) is 0. The van der Waals surface area contributed by atoms with Crippen molar-refractivity contribution >= 4 is 11.9 Å². The predicted molar refractivity (Wildman–Crippen MR) is 70.4 cm³/mol. The Bertz CT molecular complexity index is 309. The molecule has 0 aromatic heterocycles. The van der Waals surface area contributed by atoms with Crippen molar-refractivity contribution in [3.05, 3.63) is 0 Å². The quantitative estimate of drug-likeness (QED) is 0.693. The lowest BCUT2D eigenvalue weighted by molar-refractivity contribution is -0.144. The van der Waals surface area contributed by atoms with Crippen LogP contribution in [-0.4, -0.2) is 56.2 Å². The summed E-state index contributed by atoms with van der Waals surface area (Å²) in [7, 11) is 1.38. The molecule has 1 aliphatic heterocycles. The van der Waals surface area contributed by atoms with Gasteiger partial charge in [-0.1, -0.05) is 0 Å². The average Bonchev–Trinajstić information content (AvgIpc) is 2.36. The molecule has 1 aliphatic rings. The molecule has 0 spiro atoms. The predicted octanol–water partition coefficient (Wildman–Crippen LogP) is 0.152. The van der Waals surface area contributed by atoms with Crippen LogP contribution < -0.4 is 5.73 Å². The third-order valence-electron chi connectivity index (χ3n) is 3.29. The summed E-state index contributed by atoms with van der Waals surface area (Å²) in [5.74, 6) is -0.0859. The normalized spacial score (nSPS) is 23.9. The number of piperidine rings is 1. The van der Waals surface area contributed by atoms with Gasteiger partial charge in [0.15, 0.2) is 0 Å². The molecule has 0 aliphatic carbocycles. The van der Waals surface area contributed by atoms with Crippen LogP contribution in [-0.2, 0) is 19.1 Å². The minimum Gasteiger partial charge on any atom is -0.468 e. The summed E-state index contributed by atoms with van der Waals surface area (Å²) in [6.07, 6.45) is 2.05. The summed E-state index contributed by atoms with van der Waals surface area (Å²) < 4.78 is 9.57. The second-order valence-electron chi connectivity index (χ2n) is 4.98. The van der Waals surface area contributed by atoms with Crippen LogP contribution in [0.2, 0.25) is 0 Å². The molecule has 1 saturated heterocycles. The lowest BCUT2D eigenvalue weighted by atomic mass is 9.91. The van der Waals surface area contributed by atoms with E-state index in [-0.39, 0.29) is 24.5 Å². The fraction of sp³-hybridized carbons (Fsp3) is 0.846. The molecule has 2 atom stereocenters. The van der Waals surface area contributed by atoms with E-state index < -0.39 is 0 Å². The van der Waals surface area contributed by atoms with Gasteiger partial charge in [-0.3, -0.25) is 14.5 Å². The van der Waals surface area contributed by atoms with Crippen LogP contribution in [0.25, 0.3) is 0 Å². The smallest absolute Gasteiger partial charge is 0.319 e. The maximum Gasteiger partial charge on any atom is 0.319 e. The van der Waals surface area contributed by atoms with Crippen LogP contribution in [0, 0.1) is 5.92 Å². The number of hydrogen-bond acceptors (Lipinski definition) is 6. The summed E-state index contributed by atoms with van der Waals surface area (Å²) in [6.45, 7) is 3.96. The molecule has 1 rings (SSSR count). The minimum atomic E-state index is -0.252. The molecule has 0 aromatic rings. The maximum atomic E-state index is 11.3. The molecule has 2 N–H and O–H groups in total. The Labute approximate surface area is 114 Å². The van der Waals surface area contributed by atoms with E-state index in [2.05, 4.69) is 4.74 Å². The van der Waals surface area contributed by atoms with E-state index in [4.69, 9.17) is 10.5 Å². The molecule has 0 bridgehead atoms. The zero-order valence-corrected chi connectivity index (χ0v) is 11.8. The van der Waals surface area contributed by atoms with Crippen molar-refractivity contribution < 1.29 is 19.1 Å². The molecule has 19 heavy (non-hydrogen) atoms. The van der Waals surface area contributed by atoms with E-state index in [1.54, 1.807) is 6.92 Å². The summed E-state index contributed by atoms with van der Waals surface area (Å²) in [5.41, 5.74) is 5.99. The Morgan fingerprint density at radius 3 is 2.68 bits per heavy atom. The first-order valence-corrected chi connectivity index (χ1v) is 6.75. The van der Waals surface area contributed by atoms with Gasteiger partial charge in [-0.2, -0.15) is 0 Å². The molecule has 1 heterocycles. The molecule has 0 amide bonds. The van der Waals surface area contributed by atoms with Gasteiger partial charge in [0.05, 0.1) is 20.3 Å². The van der Waals surface area contributed by atoms with Crippen LogP contribution in [0.1, 0.15) is 26.2 Å². The number of methoxy groups -OCH3 is 1. The molecular formula is C13H24N2O4. The number of nitrogens with two attached hydrogens (primary N) is 1. The first-order valence-electron chi connectivity index (χ1n) is 6.75. The highest BCUT2D eigenvalue weighted by Crippen LogP contribution is 2.20.